The zero-order valence-electron chi connectivity index (χ0n) is 16.6. The largest absolute Gasteiger partial charge is 0.379 e. The molecule has 7 nitrogen and oxygen atoms in total. The molecule has 2 aliphatic heterocycles. The molecule has 2 aliphatic rings. The predicted molar refractivity (Wildman–Crippen MR) is 107 cm³/mol. The maximum atomic E-state index is 12.8. The summed E-state index contributed by atoms with van der Waals surface area (Å²) in [6, 6.07) is 9.97. The number of hydrogen-bond acceptors (Lipinski definition) is 5. The molecule has 0 atom stereocenters. The van der Waals surface area contributed by atoms with E-state index in [0.29, 0.717) is 12.2 Å². The second-order valence-electron chi connectivity index (χ2n) is 7.55. The van der Waals surface area contributed by atoms with Crippen LogP contribution in [0.5, 0.6) is 0 Å². The summed E-state index contributed by atoms with van der Waals surface area (Å²) in [5, 5.41) is 7.56. The standard InChI is InChI=1S/C21H29N5O2/c1-24-19-7-8-26(10-9-25-11-13-28-14-12-25)16-18(19)20(23-24)21(27)22-15-17-5-3-2-4-6-17/h2-6H,7-16H2,1H3,(H,22,27). The normalized spacial score (nSPS) is 18.0. The van der Waals surface area contributed by atoms with Crippen LogP contribution in [0.4, 0.5) is 0 Å². The summed E-state index contributed by atoms with van der Waals surface area (Å²) in [5.74, 6) is -0.0873. The van der Waals surface area contributed by atoms with Crippen molar-refractivity contribution >= 4 is 5.91 Å². The van der Waals surface area contributed by atoms with Crippen molar-refractivity contribution in [2.24, 2.45) is 7.05 Å². The molecule has 150 valence electrons. The number of carbonyl (C=O) groups excluding carboxylic acids is 1. The van der Waals surface area contributed by atoms with E-state index in [9.17, 15) is 4.79 Å². The SMILES string of the molecule is Cn1nc(C(=O)NCc2ccccc2)c2c1CCN(CCN1CCOCC1)C2. The van der Waals surface area contributed by atoms with Crippen molar-refractivity contribution in [3.05, 3.63) is 52.8 Å². The molecule has 1 amide bonds. The molecule has 7 heteroatoms. The molecule has 28 heavy (non-hydrogen) atoms. The van der Waals surface area contributed by atoms with Crippen LogP contribution in [0.2, 0.25) is 0 Å². The van der Waals surface area contributed by atoms with Gasteiger partial charge >= 0.3 is 0 Å². The summed E-state index contributed by atoms with van der Waals surface area (Å²) >= 11 is 0. The van der Waals surface area contributed by atoms with E-state index >= 15 is 0 Å². The Morgan fingerprint density at radius 3 is 2.64 bits per heavy atom. The van der Waals surface area contributed by atoms with Gasteiger partial charge < -0.3 is 10.1 Å². The van der Waals surface area contributed by atoms with Gasteiger partial charge in [-0.25, -0.2) is 0 Å². The first kappa shape index (κ1) is 19.1. The van der Waals surface area contributed by atoms with Crippen molar-refractivity contribution in [1.29, 1.82) is 0 Å². The topological polar surface area (TPSA) is 62.6 Å². The third-order valence-corrected chi connectivity index (χ3v) is 5.67. The maximum absolute atomic E-state index is 12.8. The molecule has 1 N–H and O–H groups in total. The number of aryl methyl sites for hydroxylation is 1. The van der Waals surface area contributed by atoms with Gasteiger partial charge in [-0.05, 0) is 5.56 Å². The van der Waals surface area contributed by atoms with Crippen molar-refractivity contribution in [2.75, 3.05) is 45.9 Å². The molecule has 1 saturated heterocycles. The molecule has 3 heterocycles. The van der Waals surface area contributed by atoms with Gasteiger partial charge in [0.25, 0.3) is 5.91 Å². The molecule has 0 saturated carbocycles. The second-order valence-corrected chi connectivity index (χ2v) is 7.55. The van der Waals surface area contributed by atoms with Gasteiger partial charge in [0.15, 0.2) is 5.69 Å². The fraction of sp³-hybridized carbons (Fsp3) is 0.524. The van der Waals surface area contributed by atoms with Crippen molar-refractivity contribution in [2.45, 2.75) is 19.5 Å². The molecule has 0 unspecified atom stereocenters. The van der Waals surface area contributed by atoms with Crippen LogP contribution in [-0.4, -0.2) is 71.4 Å². The molecule has 0 bridgehead atoms. The van der Waals surface area contributed by atoms with Crippen molar-refractivity contribution in [3.8, 4) is 0 Å². The summed E-state index contributed by atoms with van der Waals surface area (Å²) in [4.78, 5) is 17.7. The fourth-order valence-corrected chi connectivity index (χ4v) is 3.99. The molecular weight excluding hydrogens is 354 g/mol. The van der Waals surface area contributed by atoms with Crippen LogP contribution in [0.3, 0.4) is 0 Å². The molecule has 1 aromatic heterocycles. The van der Waals surface area contributed by atoms with E-state index in [1.807, 2.05) is 42.1 Å². The number of nitrogens with zero attached hydrogens (tertiary/aromatic N) is 4. The highest BCUT2D eigenvalue weighted by Crippen LogP contribution is 2.22. The minimum absolute atomic E-state index is 0.0873. The Balaban J connectivity index is 1.38. The number of carbonyl (C=O) groups is 1. The molecule has 2 aromatic rings. The first-order valence-electron chi connectivity index (χ1n) is 10.1. The summed E-state index contributed by atoms with van der Waals surface area (Å²) in [6.45, 7) is 8.08. The van der Waals surface area contributed by atoms with Crippen molar-refractivity contribution in [1.82, 2.24) is 24.9 Å². The van der Waals surface area contributed by atoms with E-state index < -0.39 is 0 Å². The zero-order chi connectivity index (χ0) is 19.3. The number of amides is 1. The summed E-state index contributed by atoms with van der Waals surface area (Å²) in [6.07, 6.45) is 0.938. The average Bonchev–Trinajstić information content (AvgIpc) is 3.08. The lowest BCUT2D eigenvalue weighted by Crippen LogP contribution is -2.42. The molecule has 1 aromatic carbocycles. The number of morpholine rings is 1. The highest BCUT2D eigenvalue weighted by Gasteiger charge is 2.27. The number of nitrogens with one attached hydrogen (secondary N) is 1. The number of benzene rings is 1. The van der Waals surface area contributed by atoms with Gasteiger partial charge in [-0.1, -0.05) is 30.3 Å². The lowest BCUT2D eigenvalue weighted by molar-refractivity contribution is 0.0326. The quantitative estimate of drug-likeness (QED) is 0.808. The maximum Gasteiger partial charge on any atom is 0.272 e. The van der Waals surface area contributed by atoms with Gasteiger partial charge in [-0.3, -0.25) is 19.3 Å². The minimum atomic E-state index is -0.0873. The minimum Gasteiger partial charge on any atom is -0.379 e. The number of ether oxygens (including phenoxy) is 1. The number of fused-ring (bicyclic) bond motifs is 1. The lowest BCUT2D eigenvalue weighted by Gasteiger charge is -2.32. The van der Waals surface area contributed by atoms with Crippen LogP contribution in [-0.2, 0) is 31.3 Å². The van der Waals surface area contributed by atoms with E-state index in [0.717, 1.165) is 70.0 Å². The first-order chi connectivity index (χ1) is 13.7. The van der Waals surface area contributed by atoms with E-state index in [2.05, 4.69) is 20.2 Å². The highest BCUT2D eigenvalue weighted by atomic mass is 16.5. The zero-order valence-corrected chi connectivity index (χ0v) is 16.6. The smallest absolute Gasteiger partial charge is 0.272 e. The lowest BCUT2D eigenvalue weighted by atomic mass is 10.0. The van der Waals surface area contributed by atoms with E-state index in [1.54, 1.807) is 0 Å². The van der Waals surface area contributed by atoms with Crippen molar-refractivity contribution < 1.29 is 9.53 Å². The van der Waals surface area contributed by atoms with Gasteiger partial charge in [0.05, 0.1) is 13.2 Å². The molecule has 4 rings (SSSR count). The molecule has 1 fully saturated rings. The van der Waals surface area contributed by atoms with Crippen LogP contribution < -0.4 is 5.32 Å². The first-order valence-corrected chi connectivity index (χ1v) is 10.1. The van der Waals surface area contributed by atoms with Gasteiger partial charge in [0, 0.05) is 70.5 Å². The Labute approximate surface area is 166 Å². The van der Waals surface area contributed by atoms with Gasteiger partial charge in [-0.2, -0.15) is 5.10 Å². The van der Waals surface area contributed by atoms with Crippen LogP contribution >= 0.6 is 0 Å². The number of rotatable bonds is 6. The Kier molecular flexibility index (Phi) is 6.04. The fourth-order valence-electron chi connectivity index (χ4n) is 3.99. The molecule has 0 aliphatic carbocycles. The third kappa shape index (κ3) is 4.43. The van der Waals surface area contributed by atoms with Gasteiger partial charge in [0.2, 0.25) is 0 Å². The number of hydrogen-bond donors (Lipinski definition) is 1. The van der Waals surface area contributed by atoms with Gasteiger partial charge in [0.1, 0.15) is 0 Å². The Morgan fingerprint density at radius 2 is 1.86 bits per heavy atom. The molecule has 0 radical (unpaired) electrons. The van der Waals surface area contributed by atoms with Crippen LogP contribution in [0, 0.1) is 0 Å². The summed E-state index contributed by atoms with van der Waals surface area (Å²) in [5.41, 5.74) is 3.94. The average molecular weight is 383 g/mol. The van der Waals surface area contributed by atoms with E-state index in [4.69, 9.17) is 4.74 Å². The predicted octanol–water partition coefficient (Wildman–Crippen LogP) is 1.04. The Bertz CT molecular complexity index is 799. The Hall–Kier alpha value is -2.22. The van der Waals surface area contributed by atoms with Crippen molar-refractivity contribution in [3.63, 3.8) is 0 Å². The number of aromatic nitrogens is 2. The molecule has 0 spiro atoms. The van der Waals surface area contributed by atoms with E-state index in [1.165, 1.54) is 5.69 Å². The second kappa shape index (κ2) is 8.86. The van der Waals surface area contributed by atoms with Gasteiger partial charge in [-0.15, -0.1) is 0 Å². The third-order valence-electron chi connectivity index (χ3n) is 5.67. The Morgan fingerprint density at radius 1 is 1.11 bits per heavy atom. The monoisotopic (exact) mass is 383 g/mol. The van der Waals surface area contributed by atoms with Crippen LogP contribution in [0.25, 0.3) is 0 Å². The summed E-state index contributed by atoms with van der Waals surface area (Å²) in [7, 11) is 1.94. The van der Waals surface area contributed by atoms with Crippen LogP contribution in [0.15, 0.2) is 30.3 Å². The molecular formula is C21H29N5O2. The highest BCUT2D eigenvalue weighted by molar-refractivity contribution is 5.94. The summed E-state index contributed by atoms with van der Waals surface area (Å²) < 4.78 is 7.31. The van der Waals surface area contributed by atoms with E-state index in [-0.39, 0.29) is 5.91 Å². The van der Waals surface area contributed by atoms with Crippen LogP contribution in [0.1, 0.15) is 27.3 Å².